The van der Waals surface area contributed by atoms with Crippen molar-refractivity contribution >= 4 is 17.0 Å². The summed E-state index contributed by atoms with van der Waals surface area (Å²) in [5, 5.41) is 4.97. The lowest BCUT2D eigenvalue weighted by Crippen LogP contribution is -2.37. The smallest absolute Gasteiger partial charge is 0.378 e. The molecule has 0 N–H and O–H groups in total. The number of aromatic nitrogens is 5. The molecule has 2 fully saturated rings. The highest BCUT2D eigenvalue weighted by Crippen LogP contribution is 2.35. The minimum absolute atomic E-state index is 0.554. The highest BCUT2D eigenvalue weighted by atomic mass is 19.4. The molecule has 0 bridgehead atoms. The van der Waals surface area contributed by atoms with Crippen LogP contribution in [0.2, 0.25) is 0 Å². The van der Waals surface area contributed by atoms with E-state index in [1.807, 2.05) is 26.2 Å². The first kappa shape index (κ1) is 24.9. The summed E-state index contributed by atoms with van der Waals surface area (Å²) in [6, 6.07) is 6.12. The van der Waals surface area contributed by atoms with Crippen LogP contribution in [0, 0.1) is 6.92 Å². The van der Waals surface area contributed by atoms with Crippen molar-refractivity contribution in [3.63, 3.8) is 0 Å². The summed E-state index contributed by atoms with van der Waals surface area (Å²) in [5.41, 5.74) is 3.07. The van der Waals surface area contributed by atoms with E-state index in [4.69, 9.17) is 14.7 Å². The number of hydrogen-bond donors (Lipinski definition) is 0. The van der Waals surface area contributed by atoms with E-state index in [1.165, 1.54) is 37.8 Å². The summed E-state index contributed by atoms with van der Waals surface area (Å²) in [5.74, 6) is 1.39. The van der Waals surface area contributed by atoms with Crippen LogP contribution in [0.3, 0.4) is 0 Å². The zero-order valence-electron chi connectivity index (χ0n) is 19.1. The number of alkyl halides is 3. The number of pyridine rings is 1. The van der Waals surface area contributed by atoms with E-state index in [-0.39, 0.29) is 0 Å². The number of halogens is 3. The third-order valence-electron chi connectivity index (χ3n) is 5.64. The Kier molecular flexibility index (Phi) is 9.41. The predicted molar refractivity (Wildman–Crippen MR) is 121 cm³/mol. The molecular weight excluding hydrogens is 433 g/mol. The van der Waals surface area contributed by atoms with E-state index in [2.05, 4.69) is 27.1 Å². The Balaban J connectivity index is 0.000000256. The molecule has 0 radical (unpaired) electrons. The standard InChI is InChI=1S/C18H24N4O.C4H6N2.CHF3/c1-13-7-8-15-16(14-5-3-2-4-6-14)20-18(21-17(15)19-13)22-9-11-23-12-10-22;1-6-4-2-3-5-6;2-1(3)4/h7-8,14H,2-6,9-12H2,1H3;2-4H,1H3;1H. The van der Waals surface area contributed by atoms with E-state index in [9.17, 15) is 13.2 Å². The van der Waals surface area contributed by atoms with Gasteiger partial charge in [-0.2, -0.15) is 23.3 Å². The molecule has 5 rings (SSSR count). The Hall–Kier alpha value is -2.75. The number of nitrogens with zero attached hydrogens (tertiary/aromatic N) is 6. The molecule has 3 aromatic rings. The van der Waals surface area contributed by atoms with Crippen LogP contribution < -0.4 is 4.90 Å². The molecule has 1 saturated heterocycles. The van der Waals surface area contributed by atoms with Crippen LogP contribution in [-0.4, -0.2) is 57.7 Å². The molecule has 1 saturated carbocycles. The summed E-state index contributed by atoms with van der Waals surface area (Å²) in [7, 11) is 1.89. The van der Waals surface area contributed by atoms with Crippen LogP contribution in [-0.2, 0) is 11.8 Å². The van der Waals surface area contributed by atoms with Crippen molar-refractivity contribution in [2.75, 3.05) is 31.2 Å². The van der Waals surface area contributed by atoms with Crippen molar-refractivity contribution in [2.45, 2.75) is 51.6 Å². The maximum absolute atomic E-state index is 9.67. The third kappa shape index (κ3) is 7.66. The SMILES string of the molecule is Cc1ccc2c(C3CCCCC3)nc(N3CCOCC3)nc2n1.Cn1cccn1.FC(F)F. The second kappa shape index (κ2) is 12.5. The van der Waals surface area contributed by atoms with Crippen LogP contribution in [0.25, 0.3) is 11.0 Å². The summed E-state index contributed by atoms with van der Waals surface area (Å²) in [6.07, 6.45) is 10.1. The summed E-state index contributed by atoms with van der Waals surface area (Å²) < 4.78 is 36.2. The summed E-state index contributed by atoms with van der Waals surface area (Å²) >= 11 is 0. The van der Waals surface area contributed by atoms with Crippen molar-refractivity contribution in [3.8, 4) is 0 Å². The van der Waals surface area contributed by atoms with E-state index >= 15 is 0 Å². The van der Waals surface area contributed by atoms with Gasteiger partial charge in [0.25, 0.3) is 0 Å². The van der Waals surface area contributed by atoms with E-state index < -0.39 is 6.68 Å². The average Bonchev–Trinajstić information content (AvgIpc) is 3.30. The number of fused-ring (bicyclic) bond motifs is 1. The highest BCUT2D eigenvalue weighted by Gasteiger charge is 2.23. The fraction of sp³-hybridized carbons (Fsp3) is 0.565. The molecule has 180 valence electrons. The van der Waals surface area contributed by atoms with Crippen molar-refractivity contribution in [1.82, 2.24) is 24.7 Å². The number of hydrogen-bond acceptors (Lipinski definition) is 6. The quantitative estimate of drug-likeness (QED) is 0.542. The number of ether oxygens (including phenoxy) is 1. The number of aryl methyl sites for hydroxylation is 2. The van der Waals surface area contributed by atoms with Crippen molar-refractivity contribution in [1.29, 1.82) is 0 Å². The van der Waals surface area contributed by atoms with Gasteiger partial charge in [-0.15, -0.1) is 0 Å². The largest absolute Gasteiger partial charge is 0.379 e. The number of rotatable bonds is 2. The molecule has 4 heterocycles. The number of anilines is 1. The van der Waals surface area contributed by atoms with Crippen LogP contribution in [0.1, 0.15) is 49.4 Å². The van der Waals surface area contributed by atoms with Gasteiger partial charge in [0.2, 0.25) is 5.95 Å². The molecule has 7 nitrogen and oxygen atoms in total. The zero-order chi connectivity index (χ0) is 23.6. The van der Waals surface area contributed by atoms with Gasteiger partial charge in [0.05, 0.1) is 18.9 Å². The maximum atomic E-state index is 9.67. The molecular formula is C23H31F3N6O. The molecule has 1 aliphatic heterocycles. The van der Waals surface area contributed by atoms with Gasteiger partial charge in [0, 0.05) is 49.5 Å². The maximum Gasteiger partial charge on any atom is 0.379 e. The first-order chi connectivity index (χ1) is 15.9. The second-order valence-electron chi connectivity index (χ2n) is 8.09. The Morgan fingerprint density at radius 1 is 1.00 bits per heavy atom. The summed E-state index contributed by atoms with van der Waals surface area (Å²) in [4.78, 5) is 16.7. The molecule has 1 aliphatic carbocycles. The lowest BCUT2D eigenvalue weighted by atomic mass is 9.85. The van der Waals surface area contributed by atoms with E-state index in [0.29, 0.717) is 5.92 Å². The van der Waals surface area contributed by atoms with Gasteiger partial charge in [-0.1, -0.05) is 19.3 Å². The van der Waals surface area contributed by atoms with Crippen molar-refractivity contribution < 1.29 is 17.9 Å². The van der Waals surface area contributed by atoms with Crippen LogP contribution in [0.15, 0.2) is 30.6 Å². The average molecular weight is 465 g/mol. The molecule has 3 aromatic heterocycles. The molecule has 0 amide bonds. The third-order valence-corrected chi connectivity index (χ3v) is 5.64. The lowest BCUT2D eigenvalue weighted by molar-refractivity contribution is 0.00819. The molecule has 33 heavy (non-hydrogen) atoms. The monoisotopic (exact) mass is 464 g/mol. The molecule has 0 spiro atoms. The minimum atomic E-state index is -3.67. The Morgan fingerprint density at radius 2 is 1.70 bits per heavy atom. The Labute approximate surface area is 192 Å². The minimum Gasteiger partial charge on any atom is -0.378 e. The van der Waals surface area contributed by atoms with Crippen LogP contribution in [0.5, 0.6) is 0 Å². The topological polar surface area (TPSA) is 69.0 Å². The van der Waals surface area contributed by atoms with Crippen LogP contribution in [0.4, 0.5) is 19.1 Å². The van der Waals surface area contributed by atoms with Gasteiger partial charge in [0.15, 0.2) is 5.65 Å². The van der Waals surface area contributed by atoms with Crippen molar-refractivity contribution in [3.05, 3.63) is 42.0 Å². The van der Waals surface area contributed by atoms with E-state index in [0.717, 1.165) is 49.0 Å². The van der Waals surface area contributed by atoms with Gasteiger partial charge < -0.3 is 9.64 Å². The Bertz CT molecular complexity index is 971. The van der Waals surface area contributed by atoms with Gasteiger partial charge >= 0.3 is 6.68 Å². The predicted octanol–water partition coefficient (Wildman–Crippen LogP) is 4.82. The fourth-order valence-corrected chi connectivity index (χ4v) is 4.05. The van der Waals surface area contributed by atoms with Gasteiger partial charge in [-0.25, -0.2) is 9.97 Å². The highest BCUT2D eigenvalue weighted by molar-refractivity contribution is 5.79. The number of morpholine rings is 1. The molecule has 0 aromatic carbocycles. The van der Waals surface area contributed by atoms with Crippen LogP contribution >= 0.6 is 0 Å². The molecule has 0 unspecified atom stereocenters. The lowest BCUT2D eigenvalue weighted by Gasteiger charge is -2.28. The second-order valence-corrected chi connectivity index (χ2v) is 8.09. The van der Waals surface area contributed by atoms with Gasteiger partial charge in [-0.05, 0) is 38.0 Å². The van der Waals surface area contributed by atoms with Gasteiger partial charge in [-0.3, -0.25) is 4.68 Å². The van der Waals surface area contributed by atoms with Gasteiger partial charge in [0.1, 0.15) is 0 Å². The zero-order valence-corrected chi connectivity index (χ0v) is 19.1. The first-order valence-electron chi connectivity index (χ1n) is 11.3. The molecule has 2 aliphatic rings. The normalized spacial score (nSPS) is 16.7. The fourth-order valence-electron chi connectivity index (χ4n) is 4.05. The Morgan fingerprint density at radius 3 is 2.27 bits per heavy atom. The van der Waals surface area contributed by atoms with E-state index in [1.54, 1.807) is 10.9 Å². The van der Waals surface area contributed by atoms with Crippen molar-refractivity contribution in [2.24, 2.45) is 7.05 Å². The summed E-state index contributed by atoms with van der Waals surface area (Å²) in [6.45, 7) is 1.59. The molecule has 10 heteroatoms. The molecule has 0 atom stereocenters. The first-order valence-corrected chi connectivity index (χ1v) is 11.3.